The molecule has 0 saturated carbocycles. The highest BCUT2D eigenvalue weighted by molar-refractivity contribution is 8.00. The van der Waals surface area contributed by atoms with Gasteiger partial charge in [-0.3, -0.25) is 24.5 Å². The first-order valence-electron chi connectivity index (χ1n) is 15.2. The first-order chi connectivity index (χ1) is 23.7. The van der Waals surface area contributed by atoms with E-state index >= 15 is 0 Å². The predicted molar refractivity (Wildman–Crippen MR) is 191 cm³/mol. The van der Waals surface area contributed by atoms with E-state index in [0.717, 1.165) is 10.5 Å². The molecule has 5 aromatic carbocycles. The molecular formula is C38H32N4O6S. The lowest BCUT2D eigenvalue weighted by atomic mass is 10.1. The smallest absolute Gasteiger partial charge is 0.272 e. The number of hydrogen-bond acceptors (Lipinski definition) is 7. The Balaban J connectivity index is 1.25. The van der Waals surface area contributed by atoms with Crippen molar-refractivity contribution >= 4 is 52.6 Å². The number of amides is 3. The van der Waals surface area contributed by atoms with Gasteiger partial charge in [-0.15, -0.1) is 11.8 Å². The highest BCUT2D eigenvalue weighted by Gasteiger charge is 2.16. The van der Waals surface area contributed by atoms with Crippen molar-refractivity contribution in [1.29, 1.82) is 0 Å². The molecule has 246 valence electrons. The average Bonchev–Trinajstić information content (AvgIpc) is 3.12. The second kappa shape index (κ2) is 16.6. The number of hydrogen-bond donors (Lipinski definition) is 3. The molecule has 0 spiro atoms. The zero-order valence-corrected chi connectivity index (χ0v) is 27.2. The van der Waals surface area contributed by atoms with E-state index in [9.17, 15) is 24.5 Å². The maximum atomic E-state index is 13.6. The molecule has 0 saturated heterocycles. The van der Waals surface area contributed by atoms with Crippen molar-refractivity contribution in [3.05, 3.63) is 165 Å². The Morgan fingerprint density at radius 2 is 1.53 bits per heavy atom. The van der Waals surface area contributed by atoms with Gasteiger partial charge in [0.2, 0.25) is 5.91 Å². The molecule has 3 N–H and O–H groups in total. The Morgan fingerprint density at radius 1 is 0.816 bits per heavy atom. The van der Waals surface area contributed by atoms with Gasteiger partial charge in [0.1, 0.15) is 18.1 Å². The van der Waals surface area contributed by atoms with E-state index < -0.39 is 16.7 Å². The third-order valence-electron chi connectivity index (χ3n) is 7.12. The fourth-order valence-corrected chi connectivity index (χ4v) is 5.36. The van der Waals surface area contributed by atoms with Crippen LogP contribution in [-0.2, 0) is 16.2 Å². The third kappa shape index (κ3) is 10.1. The minimum absolute atomic E-state index is 0.0303. The zero-order chi connectivity index (χ0) is 34.6. The predicted octanol–water partition coefficient (Wildman–Crippen LogP) is 7.62. The van der Waals surface area contributed by atoms with Crippen LogP contribution in [0.2, 0.25) is 0 Å². The molecule has 0 aromatic heterocycles. The molecule has 0 unspecified atom stereocenters. The van der Waals surface area contributed by atoms with E-state index in [2.05, 4.69) is 16.0 Å². The van der Waals surface area contributed by atoms with Crippen molar-refractivity contribution in [2.45, 2.75) is 18.4 Å². The molecule has 3 amide bonds. The number of nitrogens with zero attached hydrogens (tertiary/aromatic N) is 1. The molecule has 0 heterocycles. The number of carbonyl (C=O) groups excluding carboxylic acids is 3. The summed E-state index contributed by atoms with van der Waals surface area (Å²) in [5.74, 6) is -0.546. The van der Waals surface area contributed by atoms with E-state index in [4.69, 9.17) is 4.74 Å². The highest BCUT2D eigenvalue weighted by Crippen LogP contribution is 2.25. The van der Waals surface area contributed by atoms with Gasteiger partial charge in [-0.05, 0) is 78.2 Å². The Labute approximate surface area is 287 Å². The standard InChI is InChI=1S/C38H32N4O6S/c1-26-21-31(42(46)47)17-20-34(26)40-36(43)25-49-33-14-8-13-30(23-33)39-38(45)35(41-37(44)29-11-6-3-7-12-29)22-27-15-18-32(19-16-27)48-24-28-9-4-2-5-10-28/h2-23H,24-25H2,1H3,(H,39,45)(H,40,43)(H,41,44)/b35-22-. The average molecular weight is 673 g/mol. The third-order valence-corrected chi connectivity index (χ3v) is 8.12. The van der Waals surface area contributed by atoms with Crippen molar-refractivity contribution in [2.75, 3.05) is 16.4 Å². The number of carbonyl (C=O) groups is 3. The summed E-state index contributed by atoms with van der Waals surface area (Å²) in [4.78, 5) is 50.5. The molecule has 5 rings (SSSR count). The van der Waals surface area contributed by atoms with Gasteiger partial charge in [0, 0.05) is 34.0 Å². The first-order valence-corrected chi connectivity index (χ1v) is 16.2. The fraction of sp³-hybridized carbons (Fsp3) is 0.0789. The van der Waals surface area contributed by atoms with Gasteiger partial charge in [-0.25, -0.2) is 0 Å². The Kier molecular flexibility index (Phi) is 11.5. The zero-order valence-electron chi connectivity index (χ0n) is 26.4. The van der Waals surface area contributed by atoms with Crippen LogP contribution in [0.25, 0.3) is 6.08 Å². The van der Waals surface area contributed by atoms with Gasteiger partial charge in [0.15, 0.2) is 0 Å². The number of thioether (sulfide) groups is 1. The van der Waals surface area contributed by atoms with E-state index in [1.807, 2.05) is 30.3 Å². The normalized spacial score (nSPS) is 10.9. The van der Waals surface area contributed by atoms with Crippen LogP contribution < -0.4 is 20.7 Å². The molecule has 0 bridgehead atoms. The quantitative estimate of drug-likeness (QED) is 0.0506. The van der Waals surface area contributed by atoms with Crippen LogP contribution in [0.3, 0.4) is 0 Å². The SMILES string of the molecule is Cc1cc([N+](=O)[O-])ccc1NC(=O)CSc1cccc(NC(=O)/C(=C/c2ccc(OCc3ccccc3)cc2)NC(=O)c2ccccc2)c1. The molecular weight excluding hydrogens is 641 g/mol. The van der Waals surface area contributed by atoms with Crippen LogP contribution in [0, 0.1) is 17.0 Å². The van der Waals surface area contributed by atoms with Crippen molar-refractivity contribution in [1.82, 2.24) is 5.32 Å². The number of nitro groups is 1. The molecule has 0 atom stereocenters. The summed E-state index contributed by atoms with van der Waals surface area (Å²) in [6.07, 6.45) is 1.58. The molecule has 0 aliphatic heterocycles. The molecule has 5 aromatic rings. The highest BCUT2D eigenvalue weighted by atomic mass is 32.2. The number of nitro benzene ring substituents is 1. The van der Waals surface area contributed by atoms with Gasteiger partial charge in [-0.2, -0.15) is 0 Å². The molecule has 0 aliphatic carbocycles. The van der Waals surface area contributed by atoms with Crippen molar-refractivity contribution < 1.29 is 24.0 Å². The lowest BCUT2D eigenvalue weighted by Crippen LogP contribution is -2.30. The van der Waals surface area contributed by atoms with Crippen LogP contribution in [0.5, 0.6) is 5.75 Å². The van der Waals surface area contributed by atoms with Gasteiger partial charge >= 0.3 is 0 Å². The molecule has 0 fully saturated rings. The van der Waals surface area contributed by atoms with Gasteiger partial charge < -0.3 is 20.7 Å². The van der Waals surface area contributed by atoms with E-state index in [-0.39, 0.29) is 23.0 Å². The Bertz CT molecular complexity index is 1980. The summed E-state index contributed by atoms with van der Waals surface area (Å²) in [5.41, 5.74) is 3.61. The van der Waals surface area contributed by atoms with Crippen LogP contribution in [-0.4, -0.2) is 28.4 Å². The first kappa shape index (κ1) is 34.1. The molecule has 49 heavy (non-hydrogen) atoms. The summed E-state index contributed by atoms with van der Waals surface area (Å²) in [6, 6.07) is 36.8. The summed E-state index contributed by atoms with van der Waals surface area (Å²) < 4.78 is 5.87. The largest absolute Gasteiger partial charge is 0.489 e. The molecule has 0 radical (unpaired) electrons. The lowest BCUT2D eigenvalue weighted by Gasteiger charge is -2.13. The summed E-state index contributed by atoms with van der Waals surface area (Å²) in [7, 11) is 0. The van der Waals surface area contributed by atoms with Gasteiger partial charge in [0.05, 0.1) is 10.7 Å². The van der Waals surface area contributed by atoms with E-state index in [1.165, 1.54) is 30.0 Å². The Hall–Kier alpha value is -6.20. The van der Waals surface area contributed by atoms with Crippen LogP contribution >= 0.6 is 11.8 Å². The van der Waals surface area contributed by atoms with Crippen molar-refractivity contribution in [2.24, 2.45) is 0 Å². The topological polar surface area (TPSA) is 140 Å². The monoisotopic (exact) mass is 672 g/mol. The van der Waals surface area contributed by atoms with Crippen LogP contribution in [0.15, 0.2) is 138 Å². The van der Waals surface area contributed by atoms with Crippen molar-refractivity contribution in [3.8, 4) is 5.75 Å². The minimum atomic E-state index is -0.540. The van der Waals surface area contributed by atoms with Gasteiger partial charge in [-0.1, -0.05) is 66.7 Å². The minimum Gasteiger partial charge on any atom is -0.489 e. The second-order valence-electron chi connectivity index (χ2n) is 10.8. The maximum absolute atomic E-state index is 13.6. The second-order valence-corrected chi connectivity index (χ2v) is 11.8. The number of nitrogens with one attached hydrogen (secondary N) is 3. The van der Waals surface area contributed by atoms with Crippen LogP contribution in [0.1, 0.15) is 27.0 Å². The number of anilines is 2. The van der Waals surface area contributed by atoms with Gasteiger partial charge in [0.25, 0.3) is 17.5 Å². The number of aryl methyl sites for hydroxylation is 1. The number of non-ortho nitro benzene ring substituents is 1. The summed E-state index contributed by atoms with van der Waals surface area (Å²) in [6.45, 7) is 2.10. The van der Waals surface area contributed by atoms with Crippen LogP contribution in [0.4, 0.5) is 17.1 Å². The fourth-order valence-electron chi connectivity index (χ4n) is 4.61. The summed E-state index contributed by atoms with van der Waals surface area (Å²) >= 11 is 1.26. The Morgan fingerprint density at radius 3 is 2.22 bits per heavy atom. The number of ether oxygens (including phenoxy) is 1. The lowest BCUT2D eigenvalue weighted by molar-refractivity contribution is -0.384. The molecule has 0 aliphatic rings. The number of rotatable bonds is 13. The van der Waals surface area contributed by atoms with E-state index in [0.29, 0.717) is 40.4 Å². The summed E-state index contributed by atoms with van der Waals surface area (Å²) in [5, 5.41) is 19.4. The maximum Gasteiger partial charge on any atom is 0.272 e. The van der Waals surface area contributed by atoms with Crippen molar-refractivity contribution in [3.63, 3.8) is 0 Å². The molecule has 10 nitrogen and oxygen atoms in total. The van der Waals surface area contributed by atoms with E-state index in [1.54, 1.807) is 91.9 Å². The number of benzene rings is 5. The molecule has 11 heteroatoms.